The SMILES string of the molecule is CCN(CC(=O)Nc1cc(S(=O)(=O)N(C)C)ccc1N(C)C)c1ccccc1. The summed E-state index contributed by atoms with van der Waals surface area (Å²) in [5.41, 5.74) is 2.15. The standard InChI is InChI=1S/C20H28N4O3S/c1-6-24(16-10-8-7-9-11-16)15-20(25)21-18-14-17(28(26,27)23(4)5)12-13-19(18)22(2)3/h7-14H,6,15H2,1-5H3,(H,21,25). The summed E-state index contributed by atoms with van der Waals surface area (Å²) in [4.78, 5) is 16.6. The minimum Gasteiger partial charge on any atom is -0.376 e. The zero-order valence-corrected chi connectivity index (χ0v) is 17.8. The van der Waals surface area contributed by atoms with E-state index in [0.29, 0.717) is 12.2 Å². The third-order valence-electron chi connectivity index (χ3n) is 4.34. The lowest BCUT2D eigenvalue weighted by Gasteiger charge is -2.24. The van der Waals surface area contributed by atoms with Crippen molar-refractivity contribution in [3.63, 3.8) is 0 Å². The Morgan fingerprint density at radius 3 is 2.18 bits per heavy atom. The molecule has 0 aliphatic carbocycles. The topological polar surface area (TPSA) is 73.0 Å². The summed E-state index contributed by atoms with van der Waals surface area (Å²) >= 11 is 0. The summed E-state index contributed by atoms with van der Waals surface area (Å²) in [5.74, 6) is -0.215. The van der Waals surface area contributed by atoms with E-state index < -0.39 is 10.0 Å². The third-order valence-corrected chi connectivity index (χ3v) is 6.15. The van der Waals surface area contributed by atoms with Gasteiger partial charge in [0.25, 0.3) is 0 Å². The summed E-state index contributed by atoms with van der Waals surface area (Å²) in [6.07, 6.45) is 0. The number of anilines is 3. The van der Waals surface area contributed by atoms with Crippen molar-refractivity contribution in [2.24, 2.45) is 0 Å². The highest BCUT2D eigenvalue weighted by Crippen LogP contribution is 2.28. The van der Waals surface area contributed by atoms with Gasteiger partial charge in [-0.25, -0.2) is 12.7 Å². The summed E-state index contributed by atoms with van der Waals surface area (Å²) in [5, 5.41) is 2.87. The predicted octanol–water partition coefficient (Wildman–Crippen LogP) is 2.47. The molecule has 0 heterocycles. The van der Waals surface area contributed by atoms with Crippen molar-refractivity contribution < 1.29 is 13.2 Å². The molecule has 0 aliphatic rings. The zero-order valence-electron chi connectivity index (χ0n) is 17.0. The molecular weight excluding hydrogens is 376 g/mol. The molecule has 2 aromatic rings. The number of nitrogens with one attached hydrogen (secondary N) is 1. The number of rotatable bonds is 8. The van der Waals surface area contributed by atoms with E-state index in [1.807, 2.05) is 61.2 Å². The number of hydrogen-bond acceptors (Lipinski definition) is 5. The van der Waals surface area contributed by atoms with Gasteiger partial charge in [0.05, 0.1) is 22.8 Å². The normalized spacial score (nSPS) is 11.4. The number of hydrogen-bond donors (Lipinski definition) is 1. The second-order valence-corrected chi connectivity index (χ2v) is 8.91. The van der Waals surface area contributed by atoms with Crippen LogP contribution in [0.15, 0.2) is 53.4 Å². The minimum absolute atomic E-state index is 0.133. The fraction of sp³-hybridized carbons (Fsp3) is 0.350. The highest BCUT2D eigenvalue weighted by atomic mass is 32.2. The van der Waals surface area contributed by atoms with E-state index in [-0.39, 0.29) is 17.3 Å². The van der Waals surface area contributed by atoms with Crippen LogP contribution in [0.1, 0.15) is 6.92 Å². The van der Waals surface area contributed by atoms with Crippen molar-refractivity contribution in [2.45, 2.75) is 11.8 Å². The van der Waals surface area contributed by atoms with Crippen LogP contribution in [0.5, 0.6) is 0 Å². The molecule has 0 fully saturated rings. The van der Waals surface area contributed by atoms with Crippen LogP contribution in [-0.4, -0.2) is 59.9 Å². The van der Waals surface area contributed by atoms with Gasteiger partial charge in [0.15, 0.2) is 0 Å². The second-order valence-electron chi connectivity index (χ2n) is 6.76. The molecule has 0 radical (unpaired) electrons. The highest BCUT2D eigenvalue weighted by Gasteiger charge is 2.20. The van der Waals surface area contributed by atoms with Crippen LogP contribution in [0.4, 0.5) is 17.1 Å². The summed E-state index contributed by atoms with van der Waals surface area (Å²) in [6.45, 7) is 2.82. The van der Waals surface area contributed by atoms with Crippen molar-refractivity contribution in [1.82, 2.24) is 4.31 Å². The van der Waals surface area contributed by atoms with Crippen LogP contribution in [0.2, 0.25) is 0 Å². The predicted molar refractivity (Wildman–Crippen MR) is 115 cm³/mol. The van der Waals surface area contributed by atoms with Crippen LogP contribution in [0.25, 0.3) is 0 Å². The molecule has 152 valence electrons. The average Bonchev–Trinajstić information content (AvgIpc) is 2.66. The van der Waals surface area contributed by atoms with Gasteiger partial charge in [-0.1, -0.05) is 18.2 Å². The van der Waals surface area contributed by atoms with Gasteiger partial charge in [0, 0.05) is 40.4 Å². The number of amides is 1. The molecule has 2 rings (SSSR count). The van der Waals surface area contributed by atoms with E-state index >= 15 is 0 Å². The van der Waals surface area contributed by atoms with E-state index in [4.69, 9.17) is 0 Å². The fourth-order valence-corrected chi connectivity index (χ4v) is 3.69. The van der Waals surface area contributed by atoms with Crippen LogP contribution >= 0.6 is 0 Å². The third kappa shape index (κ3) is 5.02. The molecule has 0 unspecified atom stereocenters. The van der Waals surface area contributed by atoms with Gasteiger partial charge in [-0.05, 0) is 37.3 Å². The van der Waals surface area contributed by atoms with E-state index in [1.165, 1.54) is 20.2 Å². The molecule has 0 atom stereocenters. The van der Waals surface area contributed by atoms with Crippen molar-refractivity contribution in [2.75, 3.05) is 56.4 Å². The minimum atomic E-state index is -3.60. The van der Waals surface area contributed by atoms with Crippen LogP contribution in [-0.2, 0) is 14.8 Å². The van der Waals surface area contributed by atoms with Gasteiger partial charge in [-0.2, -0.15) is 0 Å². The Labute approximate surface area is 167 Å². The molecule has 8 heteroatoms. The molecule has 0 saturated carbocycles. The Morgan fingerprint density at radius 2 is 1.64 bits per heavy atom. The Kier molecular flexibility index (Phi) is 7.04. The first-order chi connectivity index (χ1) is 13.2. The van der Waals surface area contributed by atoms with Gasteiger partial charge < -0.3 is 15.1 Å². The van der Waals surface area contributed by atoms with Crippen LogP contribution in [0, 0.1) is 0 Å². The lowest BCUT2D eigenvalue weighted by atomic mass is 10.2. The first kappa shape index (κ1) is 21.7. The fourth-order valence-electron chi connectivity index (χ4n) is 2.76. The maximum absolute atomic E-state index is 12.7. The molecule has 2 aromatic carbocycles. The monoisotopic (exact) mass is 404 g/mol. The lowest BCUT2D eigenvalue weighted by molar-refractivity contribution is -0.115. The molecule has 0 bridgehead atoms. The molecule has 0 spiro atoms. The summed E-state index contributed by atoms with van der Waals surface area (Å²) in [6, 6.07) is 14.4. The number of nitrogens with zero attached hydrogens (tertiary/aromatic N) is 3. The first-order valence-electron chi connectivity index (χ1n) is 9.00. The van der Waals surface area contributed by atoms with E-state index in [0.717, 1.165) is 15.7 Å². The Balaban J connectivity index is 2.29. The van der Waals surface area contributed by atoms with Gasteiger partial charge in [0.1, 0.15) is 0 Å². The van der Waals surface area contributed by atoms with Crippen LogP contribution in [0.3, 0.4) is 0 Å². The number of carbonyl (C=O) groups excluding carboxylic acids is 1. The smallest absolute Gasteiger partial charge is 0.243 e. The maximum Gasteiger partial charge on any atom is 0.243 e. The van der Waals surface area contributed by atoms with Crippen LogP contribution < -0.4 is 15.1 Å². The Hall–Kier alpha value is -2.58. The lowest BCUT2D eigenvalue weighted by Crippen LogP contribution is -2.33. The Bertz CT molecular complexity index is 912. The molecule has 28 heavy (non-hydrogen) atoms. The molecule has 1 amide bonds. The number of likely N-dealkylation sites (N-methyl/N-ethyl adjacent to an activating group) is 1. The van der Waals surface area contributed by atoms with Crippen molar-refractivity contribution in [3.8, 4) is 0 Å². The van der Waals surface area contributed by atoms with Gasteiger partial charge in [-0.3, -0.25) is 4.79 Å². The number of benzene rings is 2. The van der Waals surface area contributed by atoms with E-state index in [1.54, 1.807) is 12.1 Å². The first-order valence-corrected chi connectivity index (χ1v) is 10.4. The quantitative estimate of drug-likeness (QED) is 0.732. The van der Waals surface area contributed by atoms with Crippen molar-refractivity contribution in [1.29, 1.82) is 0 Å². The molecule has 0 aliphatic heterocycles. The molecule has 7 nitrogen and oxygen atoms in total. The number of para-hydroxylation sites is 1. The average molecular weight is 405 g/mol. The van der Waals surface area contributed by atoms with Gasteiger partial charge in [-0.15, -0.1) is 0 Å². The molecular formula is C20H28N4O3S. The maximum atomic E-state index is 12.7. The molecule has 1 N–H and O–H groups in total. The number of carbonyl (C=O) groups is 1. The molecule has 0 aromatic heterocycles. The second kappa shape index (κ2) is 9.07. The summed E-state index contributed by atoms with van der Waals surface area (Å²) in [7, 11) is 3.04. The summed E-state index contributed by atoms with van der Waals surface area (Å²) < 4.78 is 26.1. The Morgan fingerprint density at radius 1 is 1.00 bits per heavy atom. The number of sulfonamides is 1. The molecule has 0 saturated heterocycles. The van der Waals surface area contributed by atoms with Crippen molar-refractivity contribution >= 4 is 33.0 Å². The van der Waals surface area contributed by atoms with E-state index in [9.17, 15) is 13.2 Å². The van der Waals surface area contributed by atoms with Gasteiger partial charge in [0.2, 0.25) is 15.9 Å². The van der Waals surface area contributed by atoms with Crippen molar-refractivity contribution in [3.05, 3.63) is 48.5 Å². The highest BCUT2D eigenvalue weighted by molar-refractivity contribution is 7.89. The van der Waals surface area contributed by atoms with Gasteiger partial charge >= 0.3 is 0 Å². The zero-order chi connectivity index (χ0) is 20.9. The van der Waals surface area contributed by atoms with E-state index in [2.05, 4.69) is 5.32 Å². The largest absolute Gasteiger partial charge is 0.376 e.